The third-order valence-corrected chi connectivity index (χ3v) is 5.48. The minimum absolute atomic E-state index is 0.458. The SMILES string of the molecule is COc1ccc(C2CC(c3ccccc3C)=NN2S(C)(=O)=O)c(OC)c1. The summed E-state index contributed by atoms with van der Waals surface area (Å²) in [4.78, 5) is 0. The van der Waals surface area contributed by atoms with Crippen molar-refractivity contribution < 1.29 is 17.9 Å². The van der Waals surface area contributed by atoms with Gasteiger partial charge < -0.3 is 9.47 Å². The number of ether oxygens (including phenoxy) is 2. The smallest absolute Gasteiger partial charge is 0.247 e. The summed E-state index contributed by atoms with van der Waals surface area (Å²) < 4.78 is 36.6. The normalized spacial score (nSPS) is 17.2. The minimum atomic E-state index is -3.54. The lowest BCUT2D eigenvalue weighted by Crippen LogP contribution is -2.26. The first-order valence-corrected chi connectivity index (χ1v) is 10.0. The van der Waals surface area contributed by atoms with Crippen LogP contribution in [0, 0.1) is 6.92 Å². The molecule has 0 spiro atoms. The quantitative estimate of drug-likeness (QED) is 0.806. The van der Waals surface area contributed by atoms with Crippen molar-refractivity contribution >= 4 is 15.7 Å². The van der Waals surface area contributed by atoms with E-state index < -0.39 is 16.1 Å². The van der Waals surface area contributed by atoms with Crippen LogP contribution in [0.5, 0.6) is 11.5 Å². The van der Waals surface area contributed by atoms with E-state index in [-0.39, 0.29) is 0 Å². The highest BCUT2D eigenvalue weighted by Gasteiger charge is 2.36. The van der Waals surface area contributed by atoms with Gasteiger partial charge in [-0.05, 0) is 24.6 Å². The van der Waals surface area contributed by atoms with Crippen molar-refractivity contribution in [2.75, 3.05) is 20.5 Å². The predicted octanol–water partition coefficient (Wildman–Crippen LogP) is 3.12. The molecule has 7 heteroatoms. The number of aryl methyl sites for hydroxylation is 1. The zero-order chi connectivity index (χ0) is 18.9. The van der Waals surface area contributed by atoms with E-state index in [9.17, 15) is 8.42 Å². The minimum Gasteiger partial charge on any atom is -0.497 e. The monoisotopic (exact) mass is 374 g/mol. The van der Waals surface area contributed by atoms with Gasteiger partial charge in [0.1, 0.15) is 11.5 Å². The molecule has 3 rings (SSSR count). The summed E-state index contributed by atoms with van der Waals surface area (Å²) in [5.74, 6) is 1.22. The van der Waals surface area contributed by atoms with Crippen molar-refractivity contribution in [3.05, 3.63) is 59.2 Å². The Morgan fingerprint density at radius 1 is 1.12 bits per heavy atom. The molecule has 0 aromatic heterocycles. The van der Waals surface area contributed by atoms with Crippen LogP contribution in [0.25, 0.3) is 0 Å². The maximum atomic E-state index is 12.4. The third-order valence-electron chi connectivity index (χ3n) is 4.47. The summed E-state index contributed by atoms with van der Waals surface area (Å²) in [5, 5.41) is 4.44. The fourth-order valence-corrected chi connectivity index (χ4v) is 4.08. The Balaban J connectivity index is 2.07. The highest BCUT2D eigenvalue weighted by atomic mass is 32.2. The number of hydrogen-bond donors (Lipinski definition) is 0. The molecule has 2 aromatic rings. The van der Waals surface area contributed by atoms with E-state index >= 15 is 0 Å². The van der Waals surface area contributed by atoms with Gasteiger partial charge in [0.2, 0.25) is 10.0 Å². The Bertz CT molecular complexity index is 954. The van der Waals surface area contributed by atoms with E-state index in [1.165, 1.54) is 10.7 Å². The Hall–Kier alpha value is -2.54. The second-order valence-corrected chi connectivity index (χ2v) is 8.07. The lowest BCUT2D eigenvalue weighted by atomic mass is 9.96. The van der Waals surface area contributed by atoms with Crippen molar-refractivity contribution in [1.29, 1.82) is 0 Å². The number of hydrogen-bond acceptors (Lipinski definition) is 5. The molecule has 1 atom stereocenters. The summed E-state index contributed by atoms with van der Waals surface area (Å²) in [6.45, 7) is 1.99. The van der Waals surface area contributed by atoms with Crippen LogP contribution in [0.4, 0.5) is 0 Å². The molecule has 0 bridgehead atoms. The van der Waals surface area contributed by atoms with Crippen molar-refractivity contribution in [3.63, 3.8) is 0 Å². The molecule has 1 unspecified atom stereocenters. The number of sulfonamides is 1. The lowest BCUT2D eigenvalue weighted by Gasteiger charge is -2.23. The number of benzene rings is 2. The molecule has 0 radical (unpaired) electrons. The van der Waals surface area contributed by atoms with Crippen molar-refractivity contribution in [2.24, 2.45) is 5.10 Å². The van der Waals surface area contributed by atoms with Crippen LogP contribution in [-0.4, -0.2) is 39.0 Å². The molecule has 2 aromatic carbocycles. The average molecular weight is 374 g/mol. The molecule has 1 heterocycles. The Morgan fingerprint density at radius 2 is 1.85 bits per heavy atom. The van der Waals surface area contributed by atoms with Gasteiger partial charge in [-0.15, -0.1) is 0 Å². The second-order valence-electron chi connectivity index (χ2n) is 6.22. The molecule has 0 fully saturated rings. The maximum Gasteiger partial charge on any atom is 0.247 e. The fourth-order valence-electron chi connectivity index (χ4n) is 3.18. The Morgan fingerprint density at radius 3 is 2.46 bits per heavy atom. The zero-order valence-corrected chi connectivity index (χ0v) is 16.1. The number of nitrogens with zero attached hydrogens (tertiary/aromatic N) is 2. The van der Waals surface area contributed by atoms with Gasteiger partial charge in [-0.2, -0.15) is 9.52 Å². The largest absolute Gasteiger partial charge is 0.497 e. The van der Waals surface area contributed by atoms with Gasteiger partial charge in [0.05, 0.1) is 32.2 Å². The van der Waals surface area contributed by atoms with Crippen LogP contribution >= 0.6 is 0 Å². The van der Waals surface area contributed by atoms with Gasteiger partial charge in [0, 0.05) is 23.6 Å². The van der Waals surface area contributed by atoms with Gasteiger partial charge in [0.15, 0.2) is 0 Å². The van der Waals surface area contributed by atoms with Gasteiger partial charge in [-0.25, -0.2) is 8.42 Å². The van der Waals surface area contributed by atoms with Gasteiger partial charge in [-0.3, -0.25) is 0 Å². The fraction of sp³-hybridized carbons (Fsp3) is 0.316. The highest BCUT2D eigenvalue weighted by Crippen LogP contribution is 2.40. The number of rotatable bonds is 5. The average Bonchev–Trinajstić information content (AvgIpc) is 3.06. The topological polar surface area (TPSA) is 68.2 Å². The van der Waals surface area contributed by atoms with Gasteiger partial charge >= 0.3 is 0 Å². The molecule has 6 nitrogen and oxygen atoms in total. The highest BCUT2D eigenvalue weighted by molar-refractivity contribution is 7.88. The summed E-state index contributed by atoms with van der Waals surface area (Å²) in [7, 11) is -0.403. The lowest BCUT2D eigenvalue weighted by molar-refractivity contribution is 0.348. The van der Waals surface area contributed by atoms with Gasteiger partial charge in [-0.1, -0.05) is 24.3 Å². The summed E-state index contributed by atoms with van der Waals surface area (Å²) in [6.07, 6.45) is 1.64. The maximum absolute atomic E-state index is 12.4. The summed E-state index contributed by atoms with van der Waals surface area (Å²) >= 11 is 0. The van der Waals surface area contributed by atoms with Crippen LogP contribution in [0.3, 0.4) is 0 Å². The number of methoxy groups -OCH3 is 2. The molecular formula is C19H22N2O4S. The van der Waals surface area contributed by atoms with E-state index in [1.54, 1.807) is 26.4 Å². The molecule has 1 aliphatic heterocycles. The first-order chi connectivity index (χ1) is 12.3. The Labute approximate surface area is 154 Å². The van der Waals surface area contributed by atoms with Crippen LogP contribution in [0.1, 0.15) is 29.2 Å². The van der Waals surface area contributed by atoms with Crippen LogP contribution in [-0.2, 0) is 10.0 Å². The molecule has 0 N–H and O–H groups in total. The predicted molar refractivity (Wildman–Crippen MR) is 101 cm³/mol. The number of hydrazone groups is 1. The van der Waals surface area contributed by atoms with E-state index in [0.29, 0.717) is 17.9 Å². The molecule has 0 amide bonds. The summed E-state index contributed by atoms with van der Waals surface area (Å²) in [6, 6.07) is 12.7. The van der Waals surface area contributed by atoms with Crippen molar-refractivity contribution in [2.45, 2.75) is 19.4 Å². The molecular weight excluding hydrogens is 352 g/mol. The molecule has 0 aliphatic carbocycles. The third kappa shape index (κ3) is 3.39. The molecule has 0 saturated heterocycles. The van der Waals surface area contributed by atoms with E-state index in [2.05, 4.69) is 5.10 Å². The summed E-state index contributed by atoms with van der Waals surface area (Å²) in [5.41, 5.74) is 3.51. The molecule has 26 heavy (non-hydrogen) atoms. The van der Waals surface area contributed by atoms with Crippen LogP contribution in [0.15, 0.2) is 47.6 Å². The standard InChI is InChI=1S/C19H22N2O4S/c1-13-7-5-6-8-15(13)17-12-18(21(20-17)26(4,22)23)16-10-9-14(24-2)11-19(16)25-3/h5-11,18H,12H2,1-4H3. The zero-order valence-electron chi connectivity index (χ0n) is 15.3. The van der Waals surface area contributed by atoms with E-state index in [0.717, 1.165) is 22.4 Å². The van der Waals surface area contributed by atoms with Gasteiger partial charge in [0.25, 0.3) is 0 Å². The molecule has 1 aliphatic rings. The van der Waals surface area contributed by atoms with E-state index in [1.807, 2.05) is 37.3 Å². The van der Waals surface area contributed by atoms with Crippen molar-refractivity contribution in [1.82, 2.24) is 4.41 Å². The Kier molecular flexibility index (Phi) is 4.91. The molecule has 0 saturated carbocycles. The second kappa shape index (κ2) is 6.99. The van der Waals surface area contributed by atoms with Crippen molar-refractivity contribution in [3.8, 4) is 11.5 Å². The first-order valence-electron chi connectivity index (χ1n) is 8.20. The van der Waals surface area contributed by atoms with E-state index in [4.69, 9.17) is 9.47 Å². The first kappa shape index (κ1) is 18.3. The van der Waals surface area contributed by atoms with Crippen LogP contribution in [0.2, 0.25) is 0 Å². The van der Waals surface area contributed by atoms with Crippen LogP contribution < -0.4 is 9.47 Å². The molecule has 138 valence electrons.